The van der Waals surface area contributed by atoms with E-state index < -0.39 is 11.1 Å². The van der Waals surface area contributed by atoms with E-state index in [0.29, 0.717) is 17.9 Å². The summed E-state index contributed by atoms with van der Waals surface area (Å²) in [6, 6.07) is 7.95. The van der Waals surface area contributed by atoms with Crippen LogP contribution in [0.4, 0.5) is 0 Å². The van der Waals surface area contributed by atoms with Crippen molar-refractivity contribution in [1.29, 1.82) is 0 Å². The largest absolute Gasteiger partial charge is 0.493 e. The van der Waals surface area contributed by atoms with Gasteiger partial charge in [0.2, 0.25) is 6.79 Å². The third-order valence-electron chi connectivity index (χ3n) is 6.83. The molecule has 148 valence electrons. The van der Waals surface area contributed by atoms with E-state index in [2.05, 4.69) is 11.9 Å². The molecule has 0 radical (unpaired) electrons. The summed E-state index contributed by atoms with van der Waals surface area (Å²) in [5, 5.41) is 12.0. The van der Waals surface area contributed by atoms with Gasteiger partial charge in [0.15, 0.2) is 23.0 Å². The molecule has 3 aliphatic rings. The highest BCUT2D eigenvalue weighted by Crippen LogP contribution is 2.59. The Morgan fingerprint density at radius 3 is 2.57 bits per heavy atom. The molecule has 2 heterocycles. The third kappa shape index (κ3) is 1.99. The normalized spacial score (nSPS) is 27.6. The van der Waals surface area contributed by atoms with Gasteiger partial charge in [0.1, 0.15) is 5.60 Å². The highest BCUT2D eigenvalue weighted by molar-refractivity contribution is 5.62. The fraction of sp³-hybridized carbons (Fsp3) is 0.455. The number of likely N-dealkylation sites (N-methyl/N-ethyl adjacent to an activating group) is 1. The van der Waals surface area contributed by atoms with Crippen molar-refractivity contribution in [2.45, 2.75) is 30.9 Å². The van der Waals surface area contributed by atoms with Crippen LogP contribution in [-0.4, -0.2) is 44.6 Å². The highest BCUT2D eigenvalue weighted by atomic mass is 16.7. The molecule has 1 aliphatic carbocycles. The number of hydrogen-bond acceptors (Lipinski definition) is 6. The van der Waals surface area contributed by atoms with Crippen molar-refractivity contribution in [1.82, 2.24) is 4.90 Å². The van der Waals surface area contributed by atoms with Gasteiger partial charge in [-0.05, 0) is 55.3 Å². The van der Waals surface area contributed by atoms with Crippen LogP contribution in [0.1, 0.15) is 29.2 Å². The third-order valence-corrected chi connectivity index (χ3v) is 6.83. The molecule has 2 aromatic rings. The first-order valence-electron chi connectivity index (χ1n) is 9.55. The lowest BCUT2D eigenvalue weighted by molar-refractivity contribution is -0.0985. The SMILES string of the molecule is COc1cc2c(cc1OC)[C@]1(Cc3c(ccc4c3OCO4)[C@]1(C)O)N(C)CC2. The van der Waals surface area contributed by atoms with Gasteiger partial charge in [-0.3, -0.25) is 4.90 Å². The maximum absolute atomic E-state index is 12.0. The van der Waals surface area contributed by atoms with Crippen LogP contribution in [0.3, 0.4) is 0 Å². The van der Waals surface area contributed by atoms with Crippen molar-refractivity contribution in [3.63, 3.8) is 0 Å². The van der Waals surface area contributed by atoms with Gasteiger partial charge < -0.3 is 24.1 Å². The van der Waals surface area contributed by atoms with Crippen LogP contribution in [0, 0.1) is 0 Å². The fourth-order valence-electron chi connectivity index (χ4n) is 5.37. The molecule has 2 atom stereocenters. The Morgan fingerprint density at radius 2 is 1.82 bits per heavy atom. The van der Waals surface area contributed by atoms with Gasteiger partial charge in [-0.25, -0.2) is 0 Å². The zero-order chi connectivity index (χ0) is 19.7. The Morgan fingerprint density at radius 1 is 1.07 bits per heavy atom. The lowest BCUT2D eigenvalue weighted by Crippen LogP contribution is -2.58. The van der Waals surface area contributed by atoms with Crippen molar-refractivity contribution >= 4 is 0 Å². The second-order valence-corrected chi connectivity index (χ2v) is 7.97. The summed E-state index contributed by atoms with van der Waals surface area (Å²) in [6.07, 6.45) is 1.53. The zero-order valence-electron chi connectivity index (χ0n) is 16.7. The summed E-state index contributed by atoms with van der Waals surface area (Å²) < 4.78 is 22.5. The highest BCUT2D eigenvalue weighted by Gasteiger charge is 2.60. The summed E-state index contributed by atoms with van der Waals surface area (Å²) in [5.74, 6) is 2.90. The number of methoxy groups -OCH3 is 2. The molecule has 0 bridgehead atoms. The fourth-order valence-corrected chi connectivity index (χ4v) is 5.37. The first-order chi connectivity index (χ1) is 13.4. The van der Waals surface area contributed by atoms with E-state index in [1.54, 1.807) is 14.2 Å². The molecule has 2 aromatic carbocycles. The van der Waals surface area contributed by atoms with E-state index >= 15 is 0 Å². The molecular weight excluding hydrogens is 358 g/mol. The van der Waals surface area contributed by atoms with E-state index in [0.717, 1.165) is 41.2 Å². The summed E-state index contributed by atoms with van der Waals surface area (Å²) in [4.78, 5) is 2.27. The van der Waals surface area contributed by atoms with Crippen molar-refractivity contribution in [2.75, 3.05) is 34.6 Å². The minimum absolute atomic E-state index is 0.221. The number of ether oxygens (including phenoxy) is 4. The van der Waals surface area contributed by atoms with Crippen molar-refractivity contribution in [3.05, 3.63) is 46.5 Å². The second kappa shape index (κ2) is 5.78. The van der Waals surface area contributed by atoms with E-state index in [1.165, 1.54) is 5.56 Å². The van der Waals surface area contributed by atoms with Gasteiger partial charge in [-0.1, -0.05) is 6.07 Å². The maximum atomic E-state index is 12.0. The van der Waals surface area contributed by atoms with E-state index in [4.69, 9.17) is 18.9 Å². The number of aliphatic hydroxyl groups is 1. The van der Waals surface area contributed by atoms with Crippen LogP contribution in [0.15, 0.2) is 24.3 Å². The molecule has 0 saturated carbocycles. The number of fused-ring (bicyclic) bond motifs is 5. The van der Waals surface area contributed by atoms with Crippen LogP contribution >= 0.6 is 0 Å². The predicted molar refractivity (Wildman–Crippen MR) is 103 cm³/mol. The zero-order valence-corrected chi connectivity index (χ0v) is 16.7. The Bertz CT molecular complexity index is 970. The maximum Gasteiger partial charge on any atom is 0.231 e. The molecule has 0 fully saturated rings. The topological polar surface area (TPSA) is 60.4 Å². The molecule has 6 nitrogen and oxygen atoms in total. The predicted octanol–water partition coefficient (Wildman–Crippen LogP) is 2.58. The first kappa shape index (κ1) is 17.6. The standard InChI is InChI=1S/C22H25NO5/c1-21(24)15-5-6-17-20(28-12-27-17)14(15)11-22(21)16-10-19(26-4)18(25-3)9-13(16)7-8-23(22)2/h5-6,9-10,24H,7-8,11-12H2,1-4H3/t21-,22-/m0/s1. The molecule has 2 aliphatic heterocycles. The minimum atomic E-state index is -1.10. The van der Waals surface area contributed by atoms with Crippen molar-refractivity contribution in [2.24, 2.45) is 0 Å². The molecule has 5 rings (SSSR count). The molecule has 28 heavy (non-hydrogen) atoms. The Hall–Kier alpha value is -2.44. The van der Waals surface area contributed by atoms with E-state index in [9.17, 15) is 5.11 Å². The number of benzene rings is 2. The van der Waals surface area contributed by atoms with Gasteiger partial charge in [0.05, 0.1) is 19.8 Å². The van der Waals surface area contributed by atoms with Crippen LogP contribution in [0.2, 0.25) is 0 Å². The average molecular weight is 383 g/mol. The summed E-state index contributed by atoms with van der Waals surface area (Å²) in [6.45, 7) is 2.97. The van der Waals surface area contributed by atoms with Crippen LogP contribution in [-0.2, 0) is 24.0 Å². The summed E-state index contributed by atoms with van der Waals surface area (Å²) in [5.41, 5.74) is 2.45. The molecule has 1 spiro atoms. The average Bonchev–Trinajstić information content (AvgIpc) is 3.25. The lowest BCUT2D eigenvalue weighted by Gasteiger charge is -2.51. The van der Waals surface area contributed by atoms with Crippen LogP contribution in [0.5, 0.6) is 23.0 Å². The summed E-state index contributed by atoms with van der Waals surface area (Å²) in [7, 11) is 5.37. The Labute approximate surface area is 164 Å². The number of rotatable bonds is 2. The van der Waals surface area contributed by atoms with E-state index in [1.807, 2.05) is 31.2 Å². The monoisotopic (exact) mass is 383 g/mol. The van der Waals surface area contributed by atoms with Crippen LogP contribution < -0.4 is 18.9 Å². The van der Waals surface area contributed by atoms with Gasteiger partial charge in [0, 0.05) is 18.5 Å². The molecule has 0 amide bonds. The van der Waals surface area contributed by atoms with Gasteiger partial charge in [0.25, 0.3) is 0 Å². The van der Waals surface area contributed by atoms with Crippen molar-refractivity contribution in [3.8, 4) is 23.0 Å². The molecule has 6 heteroatoms. The molecule has 0 unspecified atom stereocenters. The smallest absolute Gasteiger partial charge is 0.231 e. The Kier molecular flexibility index (Phi) is 3.64. The minimum Gasteiger partial charge on any atom is -0.493 e. The van der Waals surface area contributed by atoms with Gasteiger partial charge in [-0.15, -0.1) is 0 Å². The van der Waals surface area contributed by atoms with Crippen molar-refractivity contribution < 1.29 is 24.1 Å². The summed E-state index contributed by atoms with van der Waals surface area (Å²) >= 11 is 0. The molecule has 1 N–H and O–H groups in total. The number of hydrogen-bond donors (Lipinski definition) is 1. The Balaban J connectivity index is 1.76. The van der Waals surface area contributed by atoms with Gasteiger partial charge >= 0.3 is 0 Å². The molecule has 0 saturated heterocycles. The van der Waals surface area contributed by atoms with E-state index in [-0.39, 0.29) is 6.79 Å². The number of nitrogens with zero attached hydrogens (tertiary/aromatic N) is 1. The lowest BCUT2D eigenvalue weighted by atomic mass is 9.70. The van der Waals surface area contributed by atoms with Crippen LogP contribution in [0.25, 0.3) is 0 Å². The molecule has 0 aromatic heterocycles. The first-order valence-corrected chi connectivity index (χ1v) is 9.55. The molecular formula is C22H25NO5. The second-order valence-electron chi connectivity index (χ2n) is 7.97. The quantitative estimate of drug-likeness (QED) is 0.860. The van der Waals surface area contributed by atoms with Gasteiger partial charge in [-0.2, -0.15) is 0 Å².